The largest absolute Gasteiger partial charge is 0.463 e. The molecule has 2 unspecified atom stereocenters. The molecule has 2 fully saturated rings. The normalized spacial score (nSPS) is 27.6. The Hall–Kier alpha value is -1.01. The number of amides is 1. The molecule has 5 nitrogen and oxygen atoms in total. The van der Waals surface area contributed by atoms with Crippen LogP contribution >= 0.6 is 11.8 Å². The fourth-order valence-electron chi connectivity index (χ4n) is 4.16. The van der Waals surface area contributed by atoms with Crippen LogP contribution in [0.2, 0.25) is 0 Å². The molecule has 0 aromatic carbocycles. The number of carbonyl (C=O) groups excluding carboxylic acids is 2. The maximum absolute atomic E-state index is 12.5. The molecule has 0 aromatic rings. The van der Waals surface area contributed by atoms with Gasteiger partial charge in [-0.15, -0.1) is 11.8 Å². The van der Waals surface area contributed by atoms with Crippen molar-refractivity contribution in [1.29, 1.82) is 0 Å². The van der Waals surface area contributed by atoms with Gasteiger partial charge in [-0.3, -0.25) is 9.69 Å². The van der Waals surface area contributed by atoms with Crippen LogP contribution in [0.3, 0.4) is 0 Å². The Bertz CT molecular complexity index is 529. The second-order valence-electron chi connectivity index (χ2n) is 7.25. The van der Waals surface area contributed by atoms with Crippen molar-refractivity contribution in [2.45, 2.75) is 63.5 Å². The average Bonchev–Trinajstić information content (AvgIpc) is 2.77. The number of fused-ring (bicyclic) bond motifs is 1. The smallest absolute Gasteiger partial charge is 0.336 e. The number of hydrogen-bond donors (Lipinski definition) is 1. The third-order valence-electron chi connectivity index (χ3n) is 5.40. The Morgan fingerprint density at radius 1 is 1.12 bits per heavy atom. The summed E-state index contributed by atoms with van der Waals surface area (Å²) in [7, 11) is 0. The summed E-state index contributed by atoms with van der Waals surface area (Å²) < 4.78 is 5.31. The molecule has 0 spiro atoms. The lowest BCUT2D eigenvalue weighted by atomic mass is 9.92. The van der Waals surface area contributed by atoms with Gasteiger partial charge >= 0.3 is 5.97 Å². The zero-order valence-corrected chi connectivity index (χ0v) is 16.0. The van der Waals surface area contributed by atoms with Gasteiger partial charge in [-0.05, 0) is 45.7 Å². The van der Waals surface area contributed by atoms with Crippen LogP contribution in [0, 0.1) is 5.92 Å². The van der Waals surface area contributed by atoms with E-state index >= 15 is 0 Å². The SMILES string of the molecule is CCOC(=O)C1=C(NC(=O)CN2CCCCC2)SC2CCCCCC12. The van der Waals surface area contributed by atoms with E-state index in [1.807, 2.05) is 6.92 Å². The summed E-state index contributed by atoms with van der Waals surface area (Å²) in [4.78, 5) is 27.3. The summed E-state index contributed by atoms with van der Waals surface area (Å²) in [5, 5.41) is 4.22. The Balaban J connectivity index is 1.70. The molecule has 0 bridgehead atoms. The minimum atomic E-state index is -0.238. The minimum absolute atomic E-state index is 0.00246. The van der Waals surface area contributed by atoms with E-state index in [0.29, 0.717) is 18.4 Å². The van der Waals surface area contributed by atoms with Crippen LogP contribution in [0.1, 0.15) is 58.3 Å². The van der Waals surface area contributed by atoms with E-state index in [0.717, 1.165) is 43.0 Å². The third kappa shape index (κ3) is 4.79. The molecule has 3 aliphatic rings. The van der Waals surface area contributed by atoms with Gasteiger partial charge < -0.3 is 10.1 Å². The van der Waals surface area contributed by atoms with Gasteiger partial charge in [0.2, 0.25) is 5.91 Å². The quantitative estimate of drug-likeness (QED) is 0.758. The van der Waals surface area contributed by atoms with Crippen LogP contribution in [0.15, 0.2) is 10.6 Å². The number of likely N-dealkylation sites (tertiary alicyclic amines) is 1. The lowest BCUT2D eigenvalue weighted by Gasteiger charge is -2.25. The molecule has 1 saturated heterocycles. The van der Waals surface area contributed by atoms with E-state index in [9.17, 15) is 9.59 Å². The number of piperidine rings is 1. The Labute approximate surface area is 154 Å². The minimum Gasteiger partial charge on any atom is -0.463 e. The van der Waals surface area contributed by atoms with Gasteiger partial charge in [-0.25, -0.2) is 4.79 Å². The molecule has 0 radical (unpaired) electrons. The Morgan fingerprint density at radius 3 is 2.60 bits per heavy atom. The molecule has 3 rings (SSSR count). The topological polar surface area (TPSA) is 58.6 Å². The molecule has 1 aliphatic carbocycles. The highest BCUT2D eigenvalue weighted by molar-refractivity contribution is 8.04. The van der Waals surface area contributed by atoms with Crippen molar-refractivity contribution in [2.24, 2.45) is 5.92 Å². The van der Waals surface area contributed by atoms with Gasteiger partial charge in [-0.2, -0.15) is 0 Å². The predicted octanol–water partition coefficient (Wildman–Crippen LogP) is 3.06. The van der Waals surface area contributed by atoms with Crippen molar-refractivity contribution >= 4 is 23.6 Å². The van der Waals surface area contributed by atoms with Crippen LogP contribution in [-0.4, -0.2) is 48.3 Å². The first kappa shape index (κ1) is 18.8. The van der Waals surface area contributed by atoms with Crippen LogP contribution in [-0.2, 0) is 14.3 Å². The first-order valence-corrected chi connectivity index (χ1v) is 10.7. The maximum atomic E-state index is 12.5. The molecule has 1 N–H and O–H groups in total. The van der Waals surface area contributed by atoms with Crippen LogP contribution in [0.4, 0.5) is 0 Å². The number of ether oxygens (including phenoxy) is 1. The van der Waals surface area contributed by atoms with E-state index in [1.54, 1.807) is 11.8 Å². The number of esters is 1. The van der Waals surface area contributed by atoms with Crippen molar-refractivity contribution in [3.8, 4) is 0 Å². The van der Waals surface area contributed by atoms with E-state index in [1.165, 1.54) is 32.1 Å². The zero-order valence-electron chi connectivity index (χ0n) is 15.2. The first-order valence-electron chi connectivity index (χ1n) is 9.79. The standard InChI is InChI=1S/C19H30N2O3S/c1-2-24-19(23)17-14-9-5-3-6-10-15(14)25-18(17)20-16(22)13-21-11-7-4-8-12-21/h14-15H,2-13H2,1H3,(H,20,22). The third-order valence-corrected chi connectivity index (χ3v) is 6.83. The van der Waals surface area contributed by atoms with Crippen LogP contribution in [0.25, 0.3) is 0 Å². The molecule has 140 valence electrons. The van der Waals surface area contributed by atoms with Crippen LogP contribution in [0.5, 0.6) is 0 Å². The van der Waals surface area contributed by atoms with Crippen LogP contribution < -0.4 is 5.32 Å². The molecule has 0 aromatic heterocycles. The van der Waals surface area contributed by atoms with E-state index < -0.39 is 0 Å². The number of thioether (sulfide) groups is 1. The van der Waals surface area contributed by atoms with E-state index in [4.69, 9.17) is 4.74 Å². The number of carbonyl (C=O) groups is 2. The van der Waals surface area contributed by atoms with Gasteiger partial charge in [0.05, 0.1) is 23.8 Å². The van der Waals surface area contributed by atoms with Crippen molar-refractivity contribution in [2.75, 3.05) is 26.2 Å². The molecule has 1 amide bonds. The fraction of sp³-hybridized carbons (Fsp3) is 0.789. The highest BCUT2D eigenvalue weighted by atomic mass is 32.2. The lowest BCUT2D eigenvalue weighted by molar-refractivity contribution is -0.139. The second kappa shape index (κ2) is 9.08. The summed E-state index contributed by atoms with van der Waals surface area (Å²) >= 11 is 1.69. The number of nitrogens with zero attached hydrogens (tertiary/aromatic N) is 1. The molecule has 6 heteroatoms. The molecule has 2 aliphatic heterocycles. The second-order valence-corrected chi connectivity index (χ2v) is 8.50. The predicted molar refractivity (Wildman–Crippen MR) is 100 cm³/mol. The van der Waals surface area contributed by atoms with Crippen molar-refractivity contribution < 1.29 is 14.3 Å². The summed E-state index contributed by atoms with van der Waals surface area (Å²) in [5.41, 5.74) is 0.728. The highest BCUT2D eigenvalue weighted by Gasteiger charge is 2.40. The van der Waals surface area contributed by atoms with Gasteiger partial charge in [0, 0.05) is 11.2 Å². The van der Waals surface area contributed by atoms with Crippen molar-refractivity contribution in [3.05, 3.63) is 10.6 Å². The highest BCUT2D eigenvalue weighted by Crippen LogP contribution is 2.47. The molecule has 25 heavy (non-hydrogen) atoms. The summed E-state index contributed by atoms with van der Waals surface area (Å²) in [5.74, 6) is -0.00262. The van der Waals surface area contributed by atoms with E-state index in [-0.39, 0.29) is 17.8 Å². The fourth-order valence-corrected chi connectivity index (χ4v) is 5.72. The summed E-state index contributed by atoms with van der Waals surface area (Å²) in [6, 6.07) is 0. The zero-order chi connectivity index (χ0) is 17.6. The van der Waals surface area contributed by atoms with Gasteiger partial charge in [0.1, 0.15) is 0 Å². The van der Waals surface area contributed by atoms with Gasteiger partial charge in [-0.1, -0.05) is 25.7 Å². The lowest BCUT2D eigenvalue weighted by Crippen LogP contribution is -2.39. The monoisotopic (exact) mass is 366 g/mol. The molecule has 1 saturated carbocycles. The molecule has 2 atom stereocenters. The average molecular weight is 367 g/mol. The first-order chi connectivity index (χ1) is 12.2. The number of rotatable bonds is 5. The molecular formula is C19H30N2O3S. The Morgan fingerprint density at radius 2 is 1.84 bits per heavy atom. The molecule has 2 heterocycles. The number of hydrogen-bond acceptors (Lipinski definition) is 5. The maximum Gasteiger partial charge on any atom is 0.336 e. The molecular weight excluding hydrogens is 336 g/mol. The summed E-state index contributed by atoms with van der Waals surface area (Å²) in [6.07, 6.45) is 9.33. The van der Waals surface area contributed by atoms with Gasteiger partial charge in [0.15, 0.2) is 0 Å². The Kier molecular flexibility index (Phi) is 6.82. The van der Waals surface area contributed by atoms with Gasteiger partial charge in [0.25, 0.3) is 0 Å². The number of nitrogens with one attached hydrogen (secondary N) is 1. The van der Waals surface area contributed by atoms with E-state index in [2.05, 4.69) is 10.2 Å². The van der Waals surface area contributed by atoms with Crippen molar-refractivity contribution in [1.82, 2.24) is 10.2 Å². The summed E-state index contributed by atoms with van der Waals surface area (Å²) in [6.45, 7) is 4.62. The van der Waals surface area contributed by atoms with Crippen molar-refractivity contribution in [3.63, 3.8) is 0 Å².